The van der Waals surface area contributed by atoms with Gasteiger partial charge in [-0.05, 0) is 61.2 Å². The van der Waals surface area contributed by atoms with Crippen LogP contribution >= 0.6 is 0 Å². The van der Waals surface area contributed by atoms with E-state index in [1.807, 2.05) is 12.1 Å². The lowest BCUT2D eigenvalue weighted by Crippen LogP contribution is -2.45. The molecule has 8 nitrogen and oxygen atoms in total. The van der Waals surface area contributed by atoms with Gasteiger partial charge in [-0.3, -0.25) is 4.79 Å². The van der Waals surface area contributed by atoms with E-state index in [1.165, 1.54) is 4.31 Å². The fourth-order valence-electron chi connectivity index (χ4n) is 3.86. The molecule has 1 fully saturated rings. The number of carbonyl (C=O) groups excluding carboxylic acids is 1. The first kappa shape index (κ1) is 23.9. The van der Waals surface area contributed by atoms with Crippen LogP contribution in [-0.2, 0) is 21.4 Å². The zero-order valence-corrected chi connectivity index (χ0v) is 19.7. The topological polar surface area (TPSA) is 94.2 Å². The molecule has 1 amide bonds. The van der Waals surface area contributed by atoms with Crippen molar-refractivity contribution in [1.82, 2.24) is 9.62 Å². The van der Waals surface area contributed by atoms with Crippen LogP contribution < -0.4 is 19.5 Å². The normalized spacial score (nSPS) is 16.9. The largest absolute Gasteiger partial charge is 0.496 e. The minimum absolute atomic E-state index is 0.158. The van der Waals surface area contributed by atoms with Crippen molar-refractivity contribution in [2.75, 3.05) is 34.4 Å². The predicted molar refractivity (Wildman–Crippen MR) is 121 cm³/mol. The highest BCUT2D eigenvalue weighted by Gasteiger charge is 2.33. The summed E-state index contributed by atoms with van der Waals surface area (Å²) < 4.78 is 43.4. The SMILES string of the molecule is COc1ccc(S(=O)(=O)N2CCC[C@@H](C(=O)NCc3ccc(OC)c(OC)c3)C2)cc1C. The second kappa shape index (κ2) is 10.2. The lowest BCUT2D eigenvalue weighted by Gasteiger charge is -2.31. The molecule has 2 aromatic rings. The molecule has 1 saturated heterocycles. The quantitative estimate of drug-likeness (QED) is 0.648. The smallest absolute Gasteiger partial charge is 0.243 e. The summed E-state index contributed by atoms with van der Waals surface area (Å²) in [5.41, 5.74) is 1.61. The highest BCUT2D eigenvalue weighted by molar-refractivity contribution is 7.89. The molecule has 32 heavy (non-hydrogen) atoms. The average molecular weight is 463 g/mol. The fourth-order valence-corrected chi connectivity index (χ4v) is 5.47. The van der Waals surface area contributed by atoms with Gasteiger partial charge < -0.3 is 19.5 Å². The zero-order valence-electron chi connectivity index (χ0n) is 18.9. The van der Waals surface area contributed by atoms with Crippen molar-refractivity contribution in [3.8, 4) is 17.2 Å². The second-order valence-electron chi connectivity index (χ2n) is 7.74. The number of piperidine rings is 1. The number of ether oxygens (including phenoxy) is 3. The third-order valence-electron chi connectivity index (χ3n) is 5.67. The highest BCUT2D eigenvalue weighted by Crippen LogP contribution is 2.29. The molecule has 1 atom stereocenters. The number of rotatable bonds is 8. The first-order valence-electron chi connectivity index (χ1n) is 10.4. The number of nitrogens with one attached hydrogen (secondary N) is 1. The van der Waals surface area contributed by atoms with E-state index in [0.717, 1.165) is 11.1 Å². The van der Waals surface area contributed by atoms with E-state index in [2.05, 4.69) is 5.32 Å². The minimum atomic E-state index is -3.69. The Hall–Kier alpha value is -2.78. The van der Waals surface area contributed by atoms with Gasteiger partial charge in [0.05, 0.1) is 32.1 Å². The van der Waals surface area contributed by atoms with Gasteiger partial charge in [0.1, 0.15) is 5.75 Å². The number of amides is 1. The van der Waals surface area contributed by atoms with Gasteiger partial charge in [0.2, 0.25) is 15.9 Å². The van der Waals surface area contributed by atoms with Gasteiger partial charge in [-0.1, -0.05) is 6.07 Å². The molecule has 0 bridgehead atoms. The molecule has 1 aliphatic rings. The lowest BCUT2D eigenvalue weighted by molar-refractivity contribution is -0.126. The predicted octanol–water partition coefficient (Wildman–Crippen LogP) is 2.74. The van der Waals surface area contributed by atoms with Crippen molar-refractivity contribution >= 4 is 15.9 Å². The Morgan fingerprint density at radius 3 is 2.38 bits per heavy atom. The van der Waals surface area contributed by atoms with Crippen LogP contribution in [0.5, 0.6) is 17.2 Å². The van der Waals surface area contributed by atoms with E-state index in [9.17, 15) is 13.2 Å². The molecule has 0 aliphatic carbocycles. The Balaban J connectivity index is 1.66. The zero-order chi connectivity index (χ0) is 23.3. The van der Waals surface area contributed by atoms with Crippen molar-refractivity contribution in [2.24, 2.45) is 5.92 Å². The maximum absolute atomic E-state index is 13.1. The van der Waals surface area contributed by atoms with Crippen molar-refractivity contribution in [3.05, 3.63) is 47.5 Å². The molecular weight excluding hydrogens is 432 g/mol. The summed E-state index contributed by atoms with van der Waals surface area (Å²) in [5, 5.41) is 2.92. The molecule has 174 valence electrons. The van der Waals surface area contributed by atoms with Gasteiger partial charge >= 0.3 is 0 Å². The van der Waals surface area contributed by atoms with Crippen LogP contribution in [0.3, 0.4) is 0 Å². The maximum Gasteiger partial charge on any atom is 0.243 e. The van der Waals surface area contributed by atoms with E-state index in [-0.39, 0.29) is 17.3 Å². The van der Waals surface area contributed by atoms with E-state index in [0.29, 0.717) is 43.2 Å². The van der Waals surface area contributed by atoms with Crippen molar-refractivity contribution in [2.45, 2.75) is 31.2 Å². The summed E-state index contributed by atoms with van der Waals surface area (Å²) in [6, 6.07) is 10.2. The molecule has 1 N–H and O–H groups in total. The van der Waals surface area contributed by atoms with E-state index in [1.54, 1.807) is 52.5 Å². The van der Waals surface area contributed by atoms with Crippen LogP contribution in [0.4, 0.5) is 0 Å². The Bertz CT molecular complexity index is 1070. The van der Waals surface area contributed by atoms with Gasteiger partial charge in [-0.25, -0.2) is 8.42 Å². The number of methoxy groups -OCH3 is 3. The third-order valence-corrected chi connectivity index (χ3v) is 7.53. The van der Waals surface area contributed by atoms with E-state index < -0.39 is 15.9 Å². The molecule has 1 aliphatic heterocycles. The first-order valence-corrected chi connectivity index (χ1v) is 11.9. The second-order valence-corrected chi connectivity index (χ2v) is 9.68. The average Bonchev–Trinajstić information content (AvgIpc) is 2.82. The molecular formula is C23H30N2O6S. The number of benzene rings is 2. The Morgan fingerprint density at radius 2 is 1.72 bits per heavy atom. The molecule has 9 heteroatoms. The monoisotopic (exact) mass is 462 g/mol. The highest BCUT2D eigenvalue weighted by atomic mass is 32.2. The van der Waals surface area contributed by atoms with Crippen LogP contribution in [0.15, 0.2) is 41.3 Å². The third kappa shape index (κ3) is 5.16. The van der Waals surface area contributed by atoms with Gasteiger partial charge in [-0.15, -0.1) is 0 Å². The lowest BCUT2D eigenvalue weighted by atomic mass is 9.98. The standard InChI is InChI=1S/C23H30N2O6S/c1-16-12-19(8-10-20(16)29-2)32(27,28)25-11-5-6-18(15-25)23(26)24-14-17-7-9-21(30-3)22(13-17)31-4/h7-10,12-13,18H,5-6,11,14-15H2,1-4H3,(H,24,26)/t18-/m1/s1. The summed E-state index contributed by atoms with van der Waals surface area (Å²) in [6.07, 6.45) is 1.27. The van der Waals surface area contributed by atoms with Crippen molar-refractivity contribution in [3.63, 3.8) is 0 Å². The summed E-state index contributed by atoms with van der Waals surface area (Å²) in [5.74, 6) is 1.27. The summed E-state index contributed by atoms with van der Waals surface area (Å²) in [6.45, 7) is 2.68. The van der Waals surface area contributed by atoms with Gasteiger partial charge in [-0.2, -0.15) is 4.31 Å². The van der Waals surface area contributed by atoms with Gasteiger partial charge in [0.15, 0.2) is 11.5 Å². The number of nitrogens with zero attached hydrogens (tertiary/aromatic N) is 1. The number of hydrogen-bond donors (Lipinski definition) is 1. The van der Waals surface area contributed by atoms with Crippen LogP contribution in [0.2, 0.25) is 0 Å². The van der Waals surface area contributed by atoms with E-state index >= 15 is 0 Å². The number of sulfonamides is 1. The van der Waals surface area contributed by atoms with Crippen LogP contribution in [0.25, 0.3) is 0 Å². The summed E-state index contributed by atoms with van der Waals surface area (Å²) in [7, 11) is 0.978. The number of aryl methyl sites for hydroxylation is 1. The number of hydrogen-bond acceptors (Lipinski definition) is 6. The number of carbonyl (C=O) groups is 1. The summed E-state index contributed by atoms with van der Waals surface area (Å²) in [4.78, 5) is 13.0. The molecule has 0 aromatic heterocycles. The molecule has 3 rings (SSSR count). The molecule has 0 unspecified atom stereocenters. The molecule has 0 radical (unpaired) electrons. The van der Waals surface area contributed by atoms with E-state index in [4.69, 9.17) is 14.2 Å². The molecule has 0 saturated carbocycles. The molecule has 1 heterocycles. The van der Waals surface area contributed by atoms with Crippen LogP contribution in [0.1, 0.15) is 24.0 Å². The van der Waals surface area contributed by atoms with Gasteiger partial charge in [0, 0.05) is 19.6 Å². The Labute approximate surface area is 189 Å². The van der Waals surface area contributed by atoms with Crippen molar-refractivity contribution < 1.29 is 27.4 Å². The first-order chi connectivity index (χ1) is 15.3. The molecule has 0 spiro atoms. The maximum atomic E-state index is 13.1. The van der Waals surface area contributed by atoms with Crippen LogP contribution in [0, 0.1) is 12.8 Å². The minimum Gasteiger partial charge on any atom is -0.496 e. The molecule has 2 aromatic carbocycles. The van der Waals surface area contributed by atoms with Crippen LogP contribution in [-0.4, -0.2) is 53.0 Å². The van der Waals surface area contributed by atoms with Crippen molar-refractivity contribution in [1.29, 1.82) is 0 Å². The fraction of sp³-hybridized carbons (Fsp3) is 0.435. The summed E-state index contributed by atoms with van der Waals surface area (Å²) >= 11 is 0. The Kier molecular flexibility index (Phi) is 7.63. The Morgan fingerprint density at radius 1 is 1.03 bits per heavy atom. The van der Waals surface area contributed by atoms with Gasteiger partial charge in [0.25, 0.3) is 0 Å².